The van der Waals surface area contributed by atoms with Crippen molar-refractivity contribution >= 4 is 0 Å². The maximum absolute atomic E-state index is 10.8. The molecule has 2 unspecified atom stereocenters. The number of fused-ring (bicyclic) bond motifs is 3. The van der Waals surface area contributed by atoms with Gasteiger partial charge < -0.3 is 5.11 Å². The number of hydrogen-bond acceptors (Lipinski definition) is 1. The smallest absolute Gasteiger partial charge is 0.0707 e. The molecule has 0 heterocycles. The highest BCUT2D eigenvalue weighted by Gasteiger charge is 2.48. The second-order valence-corrected chi connectivity index (χ2v) is 5.49. The Morgan fingerprint density at radius 3 is 2.06 bits per heavy atom. The summed E-state index contributed by atoms with van der Waals surface area (Å²) in [7, 11) is 0. The van der Waals surface area contributed by atoms with Crippen LogP contribution in [0.1, 0.15) is 37.3 Å². The predicted octanol–water partition coefficient (Wildman–Crippen LogP) is 2.95. The van der Waals surface area contributed by atoms with Crippen LogP contribution in [-0.2, 0) is 12.8 Å². The Morgan fingerprint density at radius 1 is 1.12 bits per heavy atom. The molecule has 0 aliphatic heterocycles. The van der Waals surface area contributed by atoms with Crippen molar-refractivity contribution in [2.45, 2.75) is 44.6 Å². The third-order valence-corrected chi connectivity index (χ3v) is 4.89. The summed E-state index contributed by atoms with van der Waals surface area (Å²) in [6.45, 7) is 2.14. The lowest BCUT2D eigenvalue weighted by molar-refractivity contribution is -0.0366. The van der Waals surface area contributed by atoms with E-state index in [1.807, 2.05) is 0 Å². The minimum Gasteiger partial charge on any atom is -0.389 e. The fraction of sp³-hybridized carbons (Fsp3) is 0.600. The third-order valence-electron chi connectivity index (χ3n) is 4.89. The van der Waals surface area contributed by atoms with E-state index >= 15 is 0 Å². The van der Waals surface area contributed by atoms with Crippen LogP contribution in [0, 0.1) is 11.8 Å². The zero-order valence-corrected chi connectivity index (χ0v) is 9.95. The number of hydrogen-bond donors (Lipinski definition) is 1. The van der Waals surface area contributed by atoms with Crippen molar-refractivity contribution in [3.05, 3.63) is 35.4 Å². The van der Waals surface area contributed by atoms with Crippen LogP contribution in [0.25, 0.3) is 0 Å². The fourth-order valence-electron chi connectivity index (χ4n) is 3.86. The summed E-state index contributed by atoms with van der Waals surface area (Å²) in [5, 5.41) is 10.8. The number of rotatable bonds is 1. The summed E-state index contributed by atoms with van der Waals surface area (Å²) in [5.74, 6) is 0.984. The molecule has 0 radical (unpaired) electrons. The van der Waals surface area contributed by atoms with Crippen LogP contribution in [-0.4, -0.2) is 10.7 Å². The summed E-state index contributed by atoms with van der Waals surface area (Å²) < 4.78 is 0. The summed E-state index contributed by atoms with van der Waals surface area (Å²) >= 11 is 0. The van der Waals surface area contributed by atoms with E-state index in [2.05, 4.69) is 31.2 Å². The Kier molecular flexibility index (Phi) is 2.32. The first-order valence-electron chi connectivity index (χ1n) is 6.53. The van der Waals surface area contributed by atoms with E-state index in [9.17, 15) is 5.11 Å². The highest BCUT2D eigenvalue weighted by Crippen LogP contribution is 2.48. The molecule has 2 aliphatic rings. The highest BCUT2D eigenvalue weighted by atomic mass is 16.3. The zero-order valence-electron chi connectivity index (χ0n) is 9.95. The van der Waals surface area contributed by atoms with Gasteiger partial charge >= 0.3 is 0 Å². The van der Waals surface area contributed by atoms with Gasteiger partial charge in [0.2, 0.25) is 0 Å². The zero-order chi connectivity index (χ0) is 11.2. The topological polar surface area (TPSA) is 20.2 Å². The van der Waals surface area contributed by atoms with Crippen molar-refractivity contribution in [2.24, 2.45) is 11.8 Å². The summed E-state index contributed by atoms with van der Waals surface area (Å²) in [6.07, 6.45) is 5.50. The molecule has 3 rings (SSSR count). The molecule has 1 fully saturated rings. The first-order chi connectivity index (χ1) is 7.74. The molecule has 1 nitrogen and oxygen atoms in total. The maximum atomic E-state index is 10.8. The predicted molar refractivity (Wildman–Crippen MR) is 65.3 cm³/mol. The standard InChI is InChI=1S/C15H20O/c1-2-15(16)13-7-8-14(15)10-12-6-4-3-5-11(12)9-13/h3-6,13-14,16H,2,7-10H2,1H3. The Hall–Kier alpha value is -0.820. The van der Waals surface area contributed by atoms with E-state index < -0.39 is 0 Å². The van der Waals surface area contributed by atoms with Crippen LogP contribution in [0.2, 0.25) is 0 Å². The van der Waals surface area contributed by atoms with Crippen molar-refractivity contribution in [1.82, 2.24) is 0 Å². The van der Waals surface area contributed by atoms with E-state index in [1.165, 1.54) is 24.0 Å². The van der Waals surface area contributed by atoms with Crippen LogP contribution >= 0.6 is 0 Å². The summed E-state index contributed by atoms with van der Waals surface area (Å²) in [5.41, 5.74) is 2.56. The van der Waals surface area contributed by atoms with E-state index in [0.717, 1.165) is 19.3 Å². The minimum absolute atomic E-state index is 0.390. The molecule has 2 aliphatic carbocycles. The van der Waals surface area contributed by atoms with E-state index in [1.54, 1.807) is 0 Å². The Morgan fingerprint density at radius 2 is 1.62 bits per heavy atom. The summed E-state index contributed by atoms with van der Waals surface area (Å²) in [4.78, 5) is 0. The molecule has 0 saturated heterocycles. The van der Waals surface area contributed by atoms with Crippen molar-refractivity contribution in [3.63, 3.8) is 0 Å². The molecule has 1 saturated carbocycles. The molecular weight excluding hydrogens is 196 g/mol. The average molecular weight is 216 g/mol. The minimum atomic E-state index is -0.390. The maximum Gasteiger partial charge on any atom is 0.0707 e. The van der Waals surface area contributed by atoms with Gasteiger partial charge in [-0.2, -0.15) is 0 Å². The average Bonchev–Trinajstić information content (AvgIpc) is 2.52. The molecule has 86 valence electrons. The van der Waals surface area contributed by atoms with Gasteiger partial charge in [-0.05, 0) is 55.1 Å². The molecule has 0 spiro atoms. The van der Waals surface area contributed by atoms with Gasteiger partial charge in [-0.25, -0.2) is 0 Å². The van der Waals surface area contributed by atoms with Gasteiger partial charge in [0.15, 0.2) is 0 Å². The van der Waals surface area contributed by atoms with Crippen LogP contribution in [0.5, 0.6) is 0 Å². The van der Waals surface area contributed by atoms with Crippen LogP contribution in [0.4, 0.5) is 0 Å². The molecule has 2 atom stereocenters. The van der Waals surface area contributed by atoms with Crippen LogP contribution < -0.4 is 0 Å². The SMILES string of the molecule is CCC1(O)C2CCC1Cc1ccccc1C2. The van der Waals surface area contributed by atoms with Crippen LogP contribution in [0.15, 0.2) is 24.3 Å². The van der Waals surface area contributed by atoms with Crippen molar-refractivity contribution in [1.29, 1.82) is 0 Å². The lowest BCUT2D eigenvalue weighted by Gasteiger charge is -2.32. The lowest BCUT2D eigenvalue weighted by atomic mass is 9.80. The normalized spacial score (nSPS) is 36.9. The highest BCUT2D eigenvalue weighted by molar-refractivity contribution is 5.31. The molecule has 1 aromatic rings. The molecular formula is C15H20O. The van der Waals surface area contributed by atoms with Gasteiger partial charge in [0.05, 0.1) is 5.60 Å². The van der Waals surface area contributed by atoms with E-state index in [4.69, 9.17) is 0 Å². The third kappa shape index (κ3) is 1.34. The molecule has 0 amide bonds. The lowest BCUT2D eigenvalue weighted by Crippen LogP contribution is -2.39. The first-order valence-corrected chi connectivity index (χ1v) is 6.53. The van der Waals surface area contributed by atoms with Gasteiger partial charge in [0.1, 0.15) is 0 Å². The second-order valence-electron chi connectivity index (χ2n) is 5.49. The first kappa shape index (κ1) is 10.3. The monoisotopic (exact) mass is 216 g/mol. The molecule has 1 N–H and O–H groups in total. The Balaban J connectivity index is 2.03. The molecule has 0 aromatic heterocycles. The van der Waals surface area contributed by atoms with E-state index in [0.29, 0.717) is 11.8 Å². The van der Waals surface area contributed by atoms with E-state index in [-0.39, 0.29) is 5.60 Å². The largest absolute Gasteiger partial charge is 0.389 e. The number of benzene rings is 1. The quantitative estimate of drug-likeness (QED) is 0.765. The van der Waals surface area contributed by atoms with Crippen molar-refractivity contribution in [3.8, 4) is 0 Å². The fourth-order valence-corrected chi connectivity index (χ4v) is 3.86. The molecule has 2 bridgehead atoms. The van der Waals surface area contributed by atoms with Crippen LogP contribution in [0.3, 0.4) is 0 Å². The van der Waals surface area contributed by atoms with Gasteiger partial charge in [-0.15, -0.1) is 0 Å². The van der Waals surface area contributed by atoms with Gasteiger partial charge in [0, 0.05) is 0 Å². The summed E-state index contributed by atoms with van der Waals surface area (Å²) in [6, 6.07) is 8.74. The van der Waals surface area contributed by atoms with Gasteiger partial charge in [0.25, 0.3) is 0 Å². The molecule has 1 aromatic carbocycles. The van der Waals surface area contributed by atoms with Crippen molar-refractivity contribution in [2.75, 3.05) is 0 Å². The number of aliphatic hydroxyl groups is 1. The molecule has 16 heavy (non-hydrogen) atoms. The van der Waals surface area contributed by atoms with Crippen molar-refractivity contribution < 1.29 is 5.11 Å². The molecule has 1 heteroatoms. The second kappa shape index (κ2) is 3.59. The Labute approximate surface area is 97.5 Å². The Bertz CT molecular complexity index is 363. The van der Waals surface area contributed by atoms with Gasteiger partial charge in [-0.1, -0.05) is 31.2 Å². The van der Waals surface area contributed by atoms with Gasteiger partial charge in [-0.3, -0.25) is 0 Å².